The molecule has 2 heteroatoms. The van der Waals surface area contributed by atoms with Crippen molar-refractivity contribution in [1.29, 1.82) is 0 Å². The summed E-state index contributed by atoms with van der Waals surface area (Å²) in [6, 6.07) is 0.641. The summed E-state index contributed by atoms with van der Waals surface area (Å²) in [5, 5.41) is 3.59. The molecule has 1 aliphatic heterocycles. The number of likely N-dealkylation sites (tertiary alicyclic amines) is 1. The topological polar surface area (TPSA) is 15.3 Å². The molecule has 16 heavy (non-hydrogen) atoms. The van der Waals surface area contributed by atoms with Crippen LogP contribution in [0.15, 0.2) is 0 Å². The van der Waals surface area contributed by atoms with Gasteiger partial charge >= 0.3 is 0 Å². The van der Waals surface area contributed by atoms with Crippen molar-refractivity contribution in [3.63, 3.8) is 0 Å². The lowest BCUT2D eigenvalue weighted by molar-refractivity contribution is 0.122. The molecule has 1 saturated carbocycles. The molecule has 1 unspecified atom stereocenters. The molecule has 0 bridgehead atoms. The molecule has 0 aromatic carbocycles. The molecule has 2 rings (SSSR count). The highest BCUT2D eigenvalue weighted by atomic mass is 15.1. The van der Waals surface area contributed by atoms with Crippen molar-refractivity contribution in [2.45, 2.75) is 52.0 Å². The van der Waals surface area contributed by atoms with Crippen LogP contribution in [0, 0.1) is 11.8 Å². The minimum atomic E-state index is 0.641. The molecule has 1 heterocycles. The summed E-state index contributed by atoms with van der Waals surface area (Å²) in [5.41, 5.74) is 0. The number of nitrogens with one attached hydrogen (secondary N) is 1. The molecule has 0 spiro atoms. The van der Waals surface area contributed by atoms with Crippen LogP contribution in [-0.4, -0.2) is 37.1 Å². The maximum Gasteiger partial charge on any atom is 0.00219 e. The van der Waals surface area contributed by atoms with Gasteiger partial charge in [-0.15, -0.1) is 0 Å². The van der Waals surface area contributed by atoms with E-state index in [-0.39, 0.29) is 0 Å². The Hall–Kier alpha value is -0.0800. The Labute approximate surface area is 101 Å². The summed E-state index contributed by atoms with van der Waals surface area (Å²) in [6.45, 7) is 9.80. The summed E-state index contributed by atoms with van der Waals surface area (Å²) in [7, 11) is 0. The standard InChI is InChI=1S/C14H28N2/c1-12(2)15-9-14-7-4-8-16(11-14)10-13-5-3-6-13/h12-15H,3-11H2,1-2H3. The zero-order chi connectivity index (χ0) is 11.4. The Bertz CT molecular complexity index is 199. The Morgan fingerprint density at radius 3 is 2.50 bits per heavy atom. The molecule has 0 aromatic heterocycles. The molecule has 1 N–H and O–H groups in total. The van der Waals surface area contributed by atoms with Gasteiger partial charge in [-0.1, -0.05) is 20.3 Å². The van der Waals surface area contributed by atoms with Crippen LogP contribution in [0.2, 0.25) is 0 Å². The van der Waals surface area contributed by atoms with Crippen LogP contribution in [0.25, 0.3) is 0 Å². The van der Waals surface area contributed by atoms with E-state index in [4.69, 9.17) is 0 Å². The van der Waals surface area contributed by atoms with E-state index in [0.29, 0.717) is 6.04 Å². The third-order valence-corrected chi connectivity index (χ3v) is 4.16. The van der Waals surface area contributed by atoms with Crippen LogP contribution in [0.5, 0.6) is 0 Å². The summed E-state index contributed by atoms with van der Waals surface area (Å²) >= 11 is 0. The van der Waals surface area contributed by atoms with Gasteiger partial charge in [-0.25, -0.2) is 0 Å². The van der Waals surface area contributed by atoms with E-state index in [2.05, 4.69) is 24.1 Å². The van der Waals surface area contributed by atoms with Crippen molar-refractivity contribution in [3.05, 3.63) is 0 Å². The fourth-order valence-electron chi connectivity index (χ4n) is 2.93. The van der Waals surface area contributed by atoms with E-state index in [9.17, 15) is 0 Å². The van der Waals surface area contributed by atoms with Gasteiger partial charge in [0.25, 0.3) is 0 Å². The predicted molar refractivity (Wildman–Crippen MR) is 69.6 cm³/mol. The van der Waals surface area contributed by atoms with Gasteiger partial charge in [0, 0.05) is 19.1 Å². The molecule has 2 fully saturated rings. The van der Waals surface area contributed by atoms with Crippen LogP contribution >= 0.6 is 0 Å². The number of hydrogen-bond donors (Lipinski definition) is 1. The van der Waals surface area contributed by atoms with Gasteiger partial charge < -0.3 is 10.2 Å². The highest BCUT2D eigenvalue weighted by Crippen LogP contribution is 2.28. The molecule has 2 nitrogen and oxygen atoms in total. The first-order chi connectivity index (χ1) is 7.74. The monoisotopic (exact) mass is 224 g/mol. The zero-order valence-electron chi connectivity index (χ0n) is 11.0. The van der Waals surface area contributed by atoms with Crippen LogP contribution < -0.4 is 5.32 Å². The minimum Gasteiger partial charge on any atom is -0.314 e. The van der Waals surface area contributed by atoms with Crippen LogP contribution in [-0.2, 0) is 0 Å². The maximum absolute atomic E-state index is 3.59. The van der Waals surface area contributed by atoms with Crippen molar-refractivity contribution in [3.8, 4) is 0 Å². The molecule has 1 saturated heterocycles. The molecule has 2 aliphatic rings. The van der Waals surface area contributed by atoms with E-state index in [1.165, 1.54) is 58.3 Å². The van der Waals surface area contributed by atoms with Gasteiger partial charge in [-0.3, -0.25) is 0 Å². The van der Waals surface area contributed by atoms with Gasteiger partial charge in [0.05, 0.1) is 0 Å². The SMILES string of the molecule is CC(C)NCC1CCCN(CC2CCC2)C1. The van der Waals surface area contributed by atoms with E-state index in [1.54, 1.807) is 0 Å². The van der Waals surface area contributed by atoms with Crippen molar-refractivity contribution < 1.29 is 0 Å². The van der Waals surface area contributed by atoms with Crippen molar-refractivity contribution in [2.75, 3.05) is 26.2 Å². The molecule has 0 aromatic rings. The molecular weight excluding hydrogens is 196 g/mol. The third-order valence-electron chi connectivity index (χ3n) is 4.16. The number of rotatable bonds is 5. The second kappa shape index (κ2) is 6.02. The lowest BCUT2D eigenvalue weighted by Crippen LogP contribution is -2.43. The normalized spacial score (nSPS) is 28.3. The first kappa shape index (κ1) is 12.4. The van der Waals surface area contributed by atoms with E-state index in [1.807, 2.05) is 0 Å². The smallest absolute Gasteiger partial charge is 0.00219 e. The second-order valence-corrected chi connectivity index (χ2v) is 6.13. The summed E-state index contributed by atoms with van der Waals surface area (Å²) < 4.78 is 0. The van der Waals surface area contributed by atoms with Crippen molar-refractivity contribution in [2.24, 2.45) is 11.8 Å². The zero-order valence-corrected chi connectivity index (χ0v) is 11.0. The molecule has 94 valence electrons. The Balaban J connectivity index is 1.66. The van der Waals surface area contributed by atoms with Gasteiger partial charge in [0.2, 0.25) is 0 Å². The molecular formula is C14H28N2. The average molecular weight is 224 g/mol. The van der Waals surface area contributed by atoms with Gasteiger partial charge in [-0.2, -0.15) is 0 Å². The molecule has 0 amide bonds. The lowest BCUT2D eigenvalue weighted by atomic mass is 9.84. The first-order valence-electron chi connectivity index (χ1n) is 7.20. The summed E-state index contributed by atoms with van der Waals surface area (Å²) in [5.74, 6) is 1.94. The lowest BCUT2D eigenvalue weighted by Gasteiger charge is -2.37. The Morgan fingerprint density at radius 1 is 1.12 bits per heavy atom. The maximum atomic E-state index is 3.59. The van der Waals surface area contributed by atoms with Gasteiger partial charge in [-0.05, 0) is 50.6 Å². The van der Waals surface area contributed by atoms with Crippen LogP contribution in [0.1, 0.15) is 46.0 Å². The fourth-order valence-corrected chi connectivity index (χ4v) is 2.93. The number of hydrogen-bond acceptors (Lipinski definition) is 2. The largest absolute Gasteiger partial charge is 0.314 e. The van der Waals surface area contributed by atoms with Crippen LogP contribution in [0.4, 0.5) is 0 Å². The fraction of sp³-hybridized carbons (Fsp3) is 1.00. The molecule has 1 aliphatic carbocycles. The minimum absolute atomic E-state index is 0.641. The van der Waals surface area contributed by atoms with Crippen LogP contribution in [0.3, 0.4) is 0 Å². The average Bonchev–Trinajstić information content (AvgIpc) is 2.21. The molecule has 1 atom stereocenters. The summed E-state index contributed by atoms with van der Waals surface area (Å²) in [4.78, 5) is 2.72. The van der Waals surface area contributed by atoms with Crippen molar-refractivity contribution in [1.82, 2.24) is 10.2 Å². The summed E-state index contributed by atoms with van der Waals surface area (Å²) in [6.07, 6.45) is 7.31. The third kappa shape index (κ3) is 3.74. The molecule has 0 radical (unpaired) electrons. The van der Waals surface area contributed by atoms with E-state index < -0.39 is 0 Å². The highest BCUT2D eigenvalue weighted by Gasteiger charge is 2.24. The second-order valence-electron chi connectivity index (χ2n) is 6.13. The first-order valence-corrected chi connectivity index (χ1v) is 7.20. The number of nitrogens with zero attached hydrogens (tertiary/aromatic N) is 1. The Kier molecular flexibility index (Phi) is 4.66. The Morgan fingerprint density at radius 2 is 1.88 bits per heavy atom. The highest BCUT2D eigenvalue weighted by molar-refractivity contribution is 4.79. The quantitative estimate of drug-likeness (QED) is 0.772. The van der Waals surface area contributed by atoms with Gasteiger partial charge in [0.15, 0.2) is 0 Å². The van der Waals surface area contributed by atoms with Crippen molar-refractivity contribution >= 4 is 0 Å². The van der Waals surface area contributed by atoms with E-state index >= 15 is 0 Å². The predicted octanol–water partition coefficient (Wildman–Crippen LogP) is 2.50. The number of piperidine rings is 1. The van der Waals surface area contributed by atoms with Gasteiger partial charge in [0.1, 0.15) is 0 Å². The van der Waals surface area contributed by atoms with E-state index in [0.717, 1.165) is 11.8 Å².